The van der Waals surface area contributed by atoms with Gasteiger partial charge in [0.05, 0.1) is 23.1 Å². The van der Waals surface area contributed by atoms with Crippen LogP contribution in [0.4, 0.5) is 0 Å². The Morgan fingerprint density at radius 3 is 3.00 bits per heavy atom. The molecule has 0 aliphatic carbocycles. The summed E-state index contributed by atoms with van der Waals surface area (Å²) in [5, 5.41) is 16.3. The molecule has 0 radical (unpaired) electrons. The van der Waals surface area contributed by atoms with Crippen LogP contribution in [0.25, 0.3) is 0 Å². The predicted molar refractivity (Wildman–Crippen MR) is 71.9 cm³/mol. The van der Waals surface area contributed by atoms with E-state index in [1.165, 1.54) is 4.88 Å². The first-order valence-electron chi connectivity index (χ1n) is 5.35. The van der Waals surface area contributed by atoms with Gasteiger partial charge in [-0.3, -0.25) is 4.68 Å². The molecule has 0 fully saturated rings. The molecule has 92 valence electrons. The summed E-state index contributed by atoms with van der Waals surface area (Å²) in [7, 11) is 0. The first-order chi connectivity index (χ1) is 8.28. The molecule has 0 saturated carbocycles. The summed E-state index contributed by atoms with van der Waals surface area (Å²) < 4.78 is 2.91. The van der Waals surface area contributed by atoms with E-state index in [0.717, 1.165) is 22.4 Å². The molecule has 0 aliphatic rings. The van der Waals surface area contributed by atoms with E-state index < -0.39 is 0 Å². The van der Waals surface area contributed by atoms with Crippen molar-refractivity contribution in [1.29, 1.82) is 0 Å². The molecule has 2 aromatic heterocycles. The molecule has 0 saturated heterocycles. The second kappa shape index (κ2) is 6.30. The van der Waals surface area contributed by atoms with Gasteiger partial charge in [-0.1, -0.05) is 0 Å². The van der Waals surface area contributed by atoms with E-state index in [9.17, 15) is 0 Å². The summed E-state index contributed by atoms with van der Waals surface area (Å²) in [6, 6.07) is 4.16. The largest absolute Gasteiger partial charge is 0.394 e. The van der Waals surface area contributed by atoms with Gasteiger partial charge < -0.3 is 10.4 Å². The summed E-state index contributed by atoms with van der Waals surface area (Å²) in [5.74, 6) is 0. The van der Waals surface area contributed by atoms with Crippen molar-refractivity contribution in [3.05, 3.63) is 38.8 Å². The monoisotopic (exact) mass is 315 g/mol. The van der Waals surface area contributed by atoms with E-state index in [4.69, 9.17) is 5.11 Å². The molecule has 0 amide bonds. The third kappa shape index (κ3) is 3.92. The van der Waals surface area contributed by atoms with Gasteiger partial charge in [0.25, 0.3) is 0 Å². The van der Waals surface area contributed by atoms with Gasteiger partial charge in [0.2, 0.25) is 0 Å². The van der Waals surface area contributed by atoms with Gasteiger partial charge in [0.1, 0.15) is 0 Å². The number of nitrogens with zero attached hydrogens (tertiary/aromatic N) is 2. The Morgan fingerprint density at radius 1 is 1.41 bits per heavy atom. The zero-order valence-electron chi connectivity index (χ0n) is 9.27. The molecule has 2 rings (SSSR count). The minimum atomic E-state index is 0.123. The van der Waals surface area contributed by atoms with Gasteiger partial charge in [-0.25, -0.2) is 0 Å². The highest BCUT2D eigenvalue weighted by Gasteiger charge is 2.00. The molecular weight excluding hydrogens is 302 g/mol. The zero-order valence-corrected chi connectivity index (χ0v) is 11.7. The Hall–Kier alpha value is -0.690. The van der Waals surface area contributed by atoms with Crippen LogP contribution in [0, 0.1) is 0 Å². The van der Waals surface area contributed by atoms with Crippen molar-refractivity contribution in [2.75, 3.05) is 6.61 Å². The highest BCUT2D eigenvalue weighted by atomic mass is 79.9. The maximum atomic E-state index is 8.78. The van der Waals surface area contributed by atoms with E-state index in [0.29, 0.717) is 6.54 Å². The fourth-order valence-electron chi connectivity index (χ4n) is 1.50. The van der Waals surface area contributed by atoms with Crippen LogP contribution in [0.15, 0.2) is 28.3 Å². The summed E-state index contributed by atoms with van der Waals surface area (Å²) in [4.78, 5) is 1.31. The van der Waals surface area contributed by atoms with E-state index >= 15 is 0 Å². The SMILES string of the molecule is OCCn1cc(CNCc2ccc(Br)s2)cn1. The number of aliphatic hydroxyl groups excluding tert-OH is 1. The van der Waals surface area contributed by atoms with Crippen molar-refractivity contribution >= 4 is 27.3 Å². The van der Waals surface area contributed by atoms with E-state index in [1.807, 2.05) is 12.4 Å². The number of aliphatic hydroxyl groups is 1. The average molecular weight is 316 g/mol. The van der Waals surface area contributed by atoms with Gasteiger partial charge in [-0.15, -0.1) is 11.3 Å². The molecule has 2 heterocycles. The van der Waals surface area contributed by atoms with Crippen LogP contribution in [0.5, 0.6) is 0 Å². The van der Waals surface area contributed by atoms with Gasteiger partial charge >= 0.3 is 0 Å². The Labute approximate surface area is 112 Å². The van der Waals surface area contributed by atoms with Crippen LogP contribution in [-0.4, -0.2) is 21.5 Å². The van der Waals surface area contributed by atoms with Crippen LogP contribution in [-0.2, 0) is 19.6 Å². The molecule has 0 spiro atoms. The lowest BCUT2D eigenvalue weighted by molar-refractivity contribution is 0.269. The summed E-state index contributed by atoms with van der Waals surface area (Å²) >= 11 is 5.18. The lowest BCUT2D eigenvalue weighted by Crippen LogP contribution is -2.11. The Balaban J connectivity index is 1.77. The topological polar surface area (TPSA) is 50.1 Å². The Morgan fingerprint density at radius 2 is 2.29 bits per heavy atom. The minimum Gasteiger partial charge on any atom is -0.394 e. The number of nitrogens with one attached hydrogen (secondary N) is 1. The average Bonchev–Trinajstić information content (AvgIpc) is 2.89. The molecule has 4 nitrogen and oxygen atoms in total. The molecular formula is C11H14BrN3OS. The van der Waals surface area contributed by atoms with Crippen LogP contribution in [0.2, 0.25) is 0 Å². The lowest BCUT2D eigenvalue weighted by atomic mass is 10.3. The maximum absolute atomic E-state index is 8.78. The van der Waals surface area contributed by atoms with Crippen LogP contribution in [0.3, 0.4) is 0 Å². The fraction of sp³-hybridized carbons (Fsp3) is 0.364. The van der Waals surface area contributed by atoms with E-state index in [1.54, 1.807) is 16.0 Å². The van der Waals surface area contributed by atoms with Crippen molar-refractivity contribution in [1.82, 2.24) is 15.1 Å². The fourth-order valence-corrected chi connectivity index (χ4v) is 2.95. The smallest absolute Gasteiger partial charge is 0.0701 e. The quantitative estimate of drug-likeness (QED) is 0.857. The molecule has 0 unspecified atom stereocenters. The predicted octanol–water partition coefficient (Wildman–Crippen LogP) is 1.99. The highest BCUT2D eigenvalue weighted by Crippen LogP contribution is 2.21. The summed E-state index contributed by atoms with van der Waals surface area (Å²) in [6.45, 7) is 2.33. The molecule has 0 bridgehead atoms. The zero-order chi connectivity index (χ0) is 12.1. The molecule has 6 heteroatoms. The molecule has 17 heavy (non-hydrogen) atoms. The van der Waals surface area contributed by atoms with Crippen LogP contribution >= 0.6 is 27.3 Å². The lowest BCUT2D eigenvalue weighted by Gasteiger charge is -2.00. The van der Waals surface area contributed by atoms with Crippen LogP contribution in [0.1, 0.15) is 10.4 Å². The summed E-state index contributed by atoms with van der Waals surface area (Å²) in [6.07, 6.45) is 3.78. The summed E-state index contributed by atoms with van der Waals surface area (Å²) in [5.41, 5.74) is 1.13. The maximum Gasteiger partial charge on any atom is 0.0701 e. The number of aromatic nitrogens is 2. The van der Waals surface area contributed by atoms with Gasteiger partial charge in [0, 0.05) is 29.7 Å². The van der Waals surface area contributed by atoms with Gasteiger partial charge in [0.15, 0.2) is 0 Å². The first kappa shape index (κ1) is 12.8. The van der Waals surface area contributed by atoms with Crippen molar-refractivity contribution in [2.24, 2.45) is 0 Å². The second-order valence-electron chi connectivity index (χ2n) is 3.64. The Kier molecular flexibility index (Phi) is 4.73. The molecule has 0 atom stereocenters. The number of hydrogen-bond acceptors (Lipinski definition) is 4. The highest BCUT2D eigenvalue weighted by molar-refractivity contribution is 9.11. The van der Waals surface area contributed by atoms with Crippen molar-refractivity contribution < 1.29 is 5.11 Å². The third-order valence-corrected chi connectivity index (χ3v) is 3.90. The van der Waals surface area contributed by atoms with Crippen molar-refractivity contribution in [3.63, 3.8) is 0 Å². The standard InChI is InChI=1S/C11H14BrN3OS/c12-11-2-1-10(17-11)7-13-5-9-6-14-15(8-9)3-4-16/h1-2,6,8,13,16H,3-5,7H2. The van der Waals surface area contributed by atoms with Crippen molar-refractivity contribution in [2.45, 2.75) is 19.6 Å². The van der Waals surface area contributed by atoms with Crippen molar-refractivity contribution in [3.8, 4) is 0 Å². The van der Waals surface area contributed by atoms with Gasteiger partial charge in [-0.05, 0) is 28.1 Å². The molecule has 0 aliphatic heterocycles. The normalized spacial score (nSPS) is 10.9. The van der Waals surface area contributed by atoms with Gasteiger partial charge in [-0.2, -0.15) is 5.10 Å². The first-order valence-corrected chi connectivity index (χ1v) is 6.96. The number of hydrogen-bond donors (Lipinski definition) is 2. The molecule has 0 aromatic carbocycles. The van der Waals surface area contributed by atoms with E-state index in [-0.39, 0.29) is 6.61 Å². The number of thiophene rings is 1. The second-order valence-corrected chi connectivity index (χ2v) is 6.19. The number of rotatable bonds is 6. The van der Waals surface area contributed by atoms with E-state index in [2.05, 4.69) is 38.5 Å². The molecule has 2 aromatic rings. The molecule has 2 N–H and O–H groups in total. The third-order valence-electron chi connectivity index (χ3n) is 2.27. The number of halogens is 1. The van der Waals surface area contributed by atoms with Crippen LogP contribution < -0.4 is 5.32 Å². The minimum absolute atomic E-state index is 0.123. The Bertz CT molecular complexity index is 469.